The molecule has 2 aromatic rings. The second kappa shape index (κ2) is 5.87. The number of hydrogen-bond acceptors (Lipinski definition) is 3. The van der Waals surface area contributed by atoms with Gasteiger partial charge in [0.05, 0.1) is 19.3 Å². The molecule has 1 aliphatic heterocycles. The summed E-state index contributed by atoms with van der Waals surface area (Å²) in [5.41, 5.74) is 1.24. The third-order valence-corrected chi connectivity index (χ3v) is 3.18. The second-order valence-corrected chi connectivity index (χ2v) is 4.57. The van der Waals surface area contributed by atoms with Gasteiger partial charge >= 0.3 is 0 Å². The Morgan fingerprint density at radius 2 is 1.68 bits per heavy atom. The van der Waals surface area contributed by atoms with Gasteiger partial charge in [0.2, 0.25) is 0 Å². The Kier molecular flexibility index (Phi) is 3.77. The lowest BCUT2D eigenvalue weighted by atomic mass is 10.1. The molecule has 98 valence electrons. The van der Waals surface area contributed by atoms with Crippen LogP contribution < -0.4 is 10.1 Å². The Balaban J connectivity index is 1.68. The van der Waals surface area contributed by atoms with E-state index < -0.39 is 0 Å². The number of hydrogen-bond donors (Lipinski definition) is 1. The maximum atomic E-state index is 5.77. The zero-order valence-corrected chi connectivity index (χ0v) is 10.7. The summed E-state index contributed by atoms with van der Waals surface area (Å²) in [6.07, 6.45) is 0. The van der Waals surface area contributed by atoms with Crippen molar-refractivity contribution >= 4 is 0 Å². The van der Waals surface area contributed by atoms with Crippen molar-refractivity contribution in [3.63, 3.8) is 0 Å². The minimum Gasteiger partial charge on any atom is -0.457 e. The van der Waals surface area contributed by atoms with Crippen LogP contribution in [0.2, 0.25) is 0 Å². The highest BCUT2D eigenvalue weighted by Crippen LogP contribution is 2.23. The Morgan fingerprint density at radius 3 is 2.37 bits per heavy atom. The van der Waals surface area contributed by atoms with Crippen molar-refractivity contribution in [2.24, 2.45) is 0 Å². The van der Waals surface area contributed by atoms with E-state index in [-0.39, 0.29) is 0 Å². The fourth-order valence-electron chi connectivity index (χ4n) is 2.17. The normalized spacial score (nSPS) is 19.1. The fourth-order valence-corrected chi connectivity index (χ4v) is 2.17. The first-order valence-electron chi connectivity index (χ1n) is 6.56. The molecular weight excluding hydrogens is 238 g/mol. The van der Waals surface area contributed by atoms with Gasteiger partial charge in [0.25, 0.3) is 0 Å². The van der Waals surface area contributed by atoms with Gasteiger partial charge in [-0.15, -0.1) is 0 Å². The van der Waals surface area contributed by atoms with E-state index in [1.807, 2.05) is 42.5 Å². The van der Waals surface area contributed by atoms with E-state index in [4.69, 9.17) is 9.47 Å². The molecule has 0 amide bonds. The molecule has 2 aromatic carbocycles. The molecule has 3 heteroatoms. The average molecular weight is 255 g/mol. The van der Waals surface area contributed by atoms with Crippen molar-refractivity contribution in [3.05, 3.63) is 60.2 Å². The molecule has 0 saturated carbocycles. The van der Waals surface area contributed by atoms with Gasteiger partial charge in [0.15, 0.2) is 0 Å². The third kappa shape index (κ3) is 3.13. The van der Waals surface area contributed by atoms with Crippen LogP contribution in [-0.2, 0) is 4.74 Å². The molecular formula is C16H17NO2. The summed E-state index contributed by atoms with van der Waals surface area (Å²) in [4.78, 5) is 0. The van der Waals surface area contributed by atoms with Crippen LogP contribution >= 0.6 is 0 Å². The number of nitrogens with one attached hydrogen (secondary N) is 1. The zero-order chi connectivity index (χ0) is 12.9. The molecule has 0 radical (unpaired) electrons. The summed E-state index contributed by atoms with van der Waals surface area (Å²) in [5.74, 6) is 1.71. The summed E-state index contributed by atoms with van der Waals surface area (Å²) < 4.78 is 11.2. The van der Waals surface area contributed by atoms with Gasteiger partial charge in [-0.05, 0) is 29.8 Å². The molecule has 19 heavy (non-hydrogen) atoms. The Bertz CT molecular complexity index is 504. The van der Waals surface area contributed by atoms with Gasteiger partial charge in [-0.1, -0.05) is 30.3 Å². The topological polar surface area (TPSA) is 30.5 Å². The highest BCUT2D eigenvalue weighted by molar-refractivity contribution is 5.34. The lowest BCUT2D eigenvalue weighted by Crippen LogP contribution is -2.34. The first kappa shape index (κ1) is 12.2. The monoisotopic (exact) mass is 255 g/mol. The molecule has 1 aliphatic rings. The summed E-state index contributed by atoms with van der Waals surface area (Å²) in [6, 6.07) is 18.3. The van der Waals surface area contributed by atoms with E-state index in [1.165, 1.54) is 5.56 Å². The van der Waals surface area contributed by atoms with Crippen LogP contribution in [0.3, 0.4) is 0 Å². The van der Waals surface area contributed by atoms with Gasteiger partial charge in [0, 0.05) is 6.54 Å². The highest BCUT2D eigenvalue weighted by atomic mass is 16.5. The minimum absolute atomic E-state index is 0.291. The van der Waals surface area contributed by atoms with Crippen molar-refractivity contribution in [1.29, 1.82) is 0 Å². The third-order valence-electron chi connectivity index (χ3n) is 3.18. The zero-order valence-electron chi connectivity index (χ0n) is 10.7. The number of para-hydroxylation sites is 1. The minimum atomic E-state index is 0.291. The van der Waals surface area contributed by atoms with Crippen LogP contribution in [-0.4, -0.2) is 19.8 Å². The quantitative estimate of drug-likeness (QED) is 0.914. The molecule has 3 nitrogen and oxygen atoms in total. The van der Waals surface area contributed by atoms with Crippen LogP contribution in [0.15, 0.2) is 54.6 Å². The van der Waals surface area contributed by atoms with Gasteiger partial charge in [-0.3, -0.25) is 0 Å². The summed E-state index contributed by atoms with van der Waals surface area (Å²) in [6.45, 7) is 2.44. The molecule has 3 rings (SSSR count). The molecule has 1 fully saturated rings. The van der Waals surface area contributed by atoms with Gasteiger partial charge < -0.3 is 14.8 Å². The lowest BCUT2D eigenvalue weighted by Gasteiger charge is -2.24. The molecule has 0 spiro atoms. The summed E-state index contributed by atoms with van der Waals surface area (Å²) in [5, 5.41) is 3.44. The van der Waals surface area contributed by atoms with Crippen LogP contribution in [0, 0.1) is 0 Å². The molecule has 1 saturated heterocycles. The van der Waals surface area contributed by atoms with E-state index in [9.17, 15) is 0 Å². The Labute approximate surface area is 113 Å². The molecule has 0 bridgehead atoms. The van der Waals surface area contributed by atoms with Crippen molar-refractivity contribution in [2.45, 2.75) is 6.04 Å². The van der Waals surface area contributed by atoms with Crippen LogP contribution in [0.4, 0.5) is 0 Å². The number of benzene rings is 2. The van der Waals surface area contributed by atoms with E-state index in [0.29, 0.717) is 6.04 Å². The summed E-state index contributed by atoms with van der Waals surface area (Å²) >= 11 is 0. The van der Waals surface area contributed by atoms with E-state index in [2.05, 4.69) is 17.4 Å². The Morgan fingerprint density at radius 1 is 0.947 bits per heavy atom. The highest BCUT2D eigenvalue weighted by Gasteiger charge is 2.14. The average Bonchev–Trinajstić information content (AvgIpc) is 2.50. The molecule has 1 unspecified atom stereocenters. The van der Waals surface area contributed by atoms with E-state index in [0.717, 1.165) is 31.3 Å². The standard InChI is InChI=1S/C16H17NO2/c1-2-4-14(5-3-1)19-15-8-6-13(7-9-15)16-12-18-11-10-17-16/h1-9,16-17H,10-12H2. The smallest absolute Gasteiger partial charge is 0.127 e. The van der Waals surface area contributed by atoms with Gasteiger partial charge in [-0.25, -0.2) is 0 Å². The molecule has 1 N–H and O–H groups in total. The summed E-state index contributed by atoms with van der Waals surface area (Å²) in [7, 11) is 0. The molecule has 1 atom stereocenters. The first-order chi connectivity index (χ1) is 9.42. The molecule has 0 aromatic heterocycles. The second-order valence-electron chi connectivity index (χ2n) is 4.57. The predicted molar refractivity (Wildman–Crippen MR) is 74.5 cm³/mol. The largest absolute Gasteiger partial charge is 0.457 e. The van der Waals surface area contributed by atoms with Crippen LogP contribution in [0.1, 0.15) is 11.6 Å². The van der Waals surface area contributed by atoms with Crippen molar-refractivity contribution in [3.8, 4) is 11.5 Å². The maximum absolute atomic E-state index is 5.77. The maximum Gasteiger partial charge on any atom is 0.127 e. The van der Waals surface area contributed by atoms with Crippen molar-refractivity contribution in [2.75, 3.05) is 19.8 Å². The predicted octanol–water partition coefficient (Wildman–Crippen LogP) is 3.14. The fraction of sp³-hybridized carbons (Fsp3) is 0.250. The number of ether oxygens (including phenoxy) is 2. The SMILES string of the molecule is c1ccc(Oc2ccc(C3COCCN3)cc2)cc1. The van der Waals surface area contributed by atoms with Gasteiger partial charge in [0.1, 0.15) is 11.5 Å². The first-order valence-corrected chi connectivity index (χ1v) is 6.56. The molecule has 1 heterocycles. The van der Waals surface area contributed by atoms with Gasteiger partial charge in [-0.2, -0.15) is 0 Å². The van der Waals surface area contributed by atoms with Crippen LogP contribution in [0.25, 0.3) is 0 Å². The number of morpholine rings is 1. The Hall–Kier alpha value is -1.84. The van der Waals surface area contributed by atoms with Crippen molar-refractivity contribution in [1.82, 2.24) is 5.32 Å². The molecule has 0 aliphatic carbocycles. The van der Waals surface area contributed by atoms with Crippen LogP contribution in [0.5, 0.6) is 11.5 Å². The van der Waals surface area contributed by atoms with E-state index >= 15 is 0 Å². The number of rotatable bonds is 3. The van der Waals surface area contributed by atoms with E-state index in [1.54, 1.807) is 0 Å². The lowest BCUT2D eigenvalue weighted by molar-refractivity contribution is 0.0769. The van der Waals surface area contributed by atoms with Crippen molar-refractivity contribution < 1.29 is 9.47 Å².